The van der Waals surface area contributed by atoms with Crippen LogP contribution in [0.5, 0.6) is 0 Å². The van der Waals surface area contributed by atoms with Gasteiger partial charge in [-0.25, -0.2) is 0 Å². The Kier molecular flexibility index (Phi) is 29.7. The molecular formula is C27H54O7. The fourth-order valence-corrected chi connectivity index (χ4v) is 3.30. The molecule has 0 aromatic carbocycles. The summed E-state index contributed by atoms with van der Waals surface area (Å²) in [7, 11) is 0. The molecule has 0 saturated carbocycles. The van der Waals surface area contributed by atoms with Crippen LogP contribution in [-0.2, 0) is 33.2 Å². The first-order valence-electron chi connectivity index (χ1n) is 13.9. The van der Waals surface area contributed by atoms with E-state index in [2.05, 4.69) is 13.8 Å². The van der Waals surface area contributed by atoms with E-state index >= 15 is 0 Å². The van der Waals surface area contributed by atoms with Gasteiger partial charge in [0.1, 0.15) is 6.61 Å². The largest absolute Gasteiger partial charge is 0.463 e. The van der Waals surface area contributed by atoms with Crippen LogP contribution in [0.25, 0.3) is 0 Å². The predicted octanol–water partition coefficient (Wildman–Crippen LogP) is 5.72. The average Bonchev–Trinajstić information content (AvgIpc) is 2.84. The van der Waals surface area contributed by atoms with E-state index in [4.69, 9.17) is 28.4 Å². The van der Waals surface area contributed by atoms with Crippen molar-refractivity contribution in [1.29, 1.82) is 0 Å². The van der Waals surface area contributed by atoms with Gasteiger partial charge in [0.25, 0.3) is 0 Å². The first-order valence-corrected chi connectivity index (χ1v) is 13.9. The Morgan fingerprint density at radius 3 is 1.24 bits per heavy atom. The molecule has 0 aliphatic heterocycles. The smallest absolute Gasteiger partial charge is 0.305 e. The Labute approximate surface area is 209 Å². The van der Waals surface area contributed by atoms with Crippen molar-refractivity contribution in [2.24, 2.45) is 0 Å². The Hall–Kier alpha value is -0.730. The molecule has 34 heavy (non-hydrogen) atoms. The van der Waals surface area contributed by atoms with Crippen LogP contribution < -0.4 is 0 Å². The van der Waals surface area contributed by atoms with E-state index in [0.29, 0.717) is 72.5 Å². The maximum atomic E-state index is 11.7. The van der Waals surface area contributed by atoms with Gasteiger partial charge in [0.15, 0.2) is 0 Å². The molecule has 0 rings (SSSR count). The van der Waals surface area contributed by atoms with Crippen molar-refractivity contribution in [1.82, 2.24) is 0 Å². The summed E-state index contributed by atoms with van der Waals surface area (Å²) in [6, 6.07) is 0. The van der Waals surface area contributed by atoms with Gasteiger partial charge in [-0.3, -0.25) is 4.79 Å². The number of hydrogen-bond donors (Lipinski definition) is 0. The highest BCUT2D eigenvalue weighted by atomic mass is 16.6. The quantitative estimate of drug-likeness (QED) is 0.0980. The zero-order chi connectivity index (χ0) is 24.8. The Morgan fingerprint density at radius 1 is 0.412 bits per heavy atom. The van der Waals surface area contributed by atoms with Crippen LogP contribution in [0.2, 0.25) is 0 Å². The molecule has 7 nitrogen and oxygen atoms in total. The third-order valence-corrected chi connectivity index (χ3v) is 5.36. The van der Waals surface area contributed by atoms with E-state index in [9.17, 15) is 4.79 Å². The number of carbonyl (C=O) groups is 1. The predicted molar refractivity (Wildman–Crippen MR) is 136 cm³/mol. The monoisotopic (exact) mass is 490 g/mol. The third-order valence-electron chi connectivity index (χ3n) is 5.36. The number of unbranched alkanes of at least 4 members (excludes halogenated alkanes) is 10. The lowest BCUT2D eigenvalue weighted by Crippen LogP contribution is -2.15. The second-order valence-corrected chi connectivity index (χ2v) is 8.57. The molecule has 0 aliphatic rings. The lowest BCUT2D eigenvalue weighted by molar-refractivity contribution is -0.145. The van der Waals surface area contributed by atoms with E-state index in [1.165, 1.54) is 57.8 Å². The molecule has 0 spiro atoms. The van der Waals surface area contributed by atoms with Crippen molar-refractivity contribution in [3.8, 4) is 0 Å². The van der Waals surface area contributed by atoms with Crippen molar-refractivity contribution in [3.05, 3.63) is 0 Å². The molecule has 204 valence electrons. The summed E-state index contributed by atoms with van der Waals surface area (Å²) >= 11 is 0. The van der Waals surface area contributed by atoms with Crippen molar-refractivity contribution in [3.63, 3.8) is 0 Å². The highest BCUT2D eigenvalue weighted by Gasteiger charge is 2.02. The minimum absolute atomic E-state index is 0.122. The fraction of sp³-hybridized carbons (Fsp3) is 0.963. The number of carbonyl (C=O) groups excluding carboxylic acids is 1. The molecule has 0 bridgehead atoms. The molecule has 0 heterocycles. The van der Waals surface area contributed by atoms with Crippen LogP contribution in [0.15, 0.2) is 0 Å². The SMILES string of the molecule is CCCCCCCCCCCC(=O)OCCOCCOCCOCCOCCOCCCCC. The normalized spacial score (nSPS) is 11.2. The van der Waals surface area contributed by atoms with Crippen LogP contribution in [-0.4, -0.2) is 78.6 Å². The van der Waals surface area contributed by atoms with E-state index in [1.54, 1.807) is 0 Å². The molecule has 7 heteroatoms. The first kappa shape index (κ1) is 33.3. The molecule has 0 fully saturated rings. The van der Waals surface area contributed by atoms with E-state index in [0.717, 1.165) is 25.9 Å². The molecule has 0 saturated heterocycles. The van der Waals surface area contributed by atoms with E-state index in [-0.39, 0.29) is 5.97 Å². The van der Waals surface area contributed by atoms with Gasteiger partial charge in [0.05, 0.1) is 59.5 Å². The summed E-state index contributed by atoms with van der Waals surface area (Å²) in [4.78, 5) is 11.7. The summed E-state index contributed by atoms with van der Waals surface area (Å²) in [5, 5.41) is 0. The Bertz CT molecular complexity index is 393. The second kappa shape index (κ2) is 30.3. The summed E-state index contributed by atoms with van der Waals surface area (Å²) in [6.45, 7) is 10.4. The highest BCUT2D eigenvalue weighted by molar-refractivity contribution is 5.69. The highest BCUT2D eigenvalue weighted by Crippen LogP contribution is 2.10. The van der Waals surface area contributed by atoms with Gasteiger partial charge in [0, 0.05) is 13.0 Å². The van der Waals surface area contributed by atoms with Crippen molar-refractivity contribution in [2.75, 3.05) is 72.7 Å². The van der Waals surface area contributed by atoms with E-state index in [1.807, 2.05) is 0 Å². The second-order valence-electron chi connectivity index (χ2n) is 8.57. The Balaban J connectivity index is 3.12. The van der Waals surface area contributed by atoms with E-state index < -0.39 is 0 Å². The lowest BCUT2D eigenvalue weighted by atomic mass is 10.1. The average molecular weight is 491 g/mol. The lowest BCUT2D eigenvalue weighted by Gasteiger charge is -2.08. The molecule has 0 unspecified atom stereocenters. The number of ether oxygens (including phenoxy) is 6. The number of esters is 1. The van der Waals surface area contributed by atoms with Gasteiger partial charge in [-0.15, -0.1) is 0 Å². The van der Waals surface area contributed by atoms with Gasteiger partial charge in [-0.05, 0) is 12.8 Å². The summed E-state index contributed by atoms with van der Waals surface area (Å²) in [5.74, 6) is -0.122. The van der Waals surface area contributed by atoms with Gasteiger partial charge in [0.2, 0.25) is 0 Å². The molecule has 0 atom stereocenters. The maximum absolute atomic E-state index is 11.7. The van der Waals surface area contributed by atoms with Gasteiger partial charge < -0.3 is 28.4 Å². The molecular weight excluding hydrogens is 436 g/mol. The van der Waals surface area contributed by atoms with Crippen LogP contribution >= 0.6 is 0 Å². The summed E-state index contributed by atoms with van der Waals surface area (Å²) < 4.78 is 32.4. The van der Waals surface area contributed by atoms with Crippen molar-refractivity contribution >= 4 is 5.97 Å². The summed E-state index contributed by atoms with van der Waals surface area (Å²) in [6.07, 6.45) is 15.3. The minimum Gasteiger partial charge on any atom is -0.463 e. The molecule has 0 aliphatic carbocycles. The molecule has 0 radical (unpaired) electrons. The molecule has 0 N–H and O–H groups in total. The Morgan fingerprint density at radius 2 is 0.765 bits per heavy atom. The van der Waals surface area contributed by atoms with Gasteiger partial charge >= 0.3 is 5.97 Å². The standard InChI is InChI=1S/C27H54O7/c1-3-5-7-8-9-10-11-12-13-15-27(28)34-26-25-33-24-23-32-22-21-31-20-19-30-18-17-29-16-14-6-4-2/h3-26H2,1-2H3. The van der Waals surface area contributed by atoms with Crippen LogP contribution in [0.4, 0.5) is 0 Å². The van der Waals surface area contributed by atoms with Crippen LogP contribution in [0.1, 0.15) is 97.3 Å². The number of hydrogen-bond acceptors (Lipinski definition) is 7. The third kappa shape index (κ3) is 29.3. The van der Waals surface area contributed by atoms with Crippen LogP contribution in [0.3, 0.4) is 0 Å². The zero-order valence-corrected chi connectivity index (χ0v) is 22.3. The molecule has 0 aromatic rings. The first-order chi connectivity index (χ1) is 16.8. The minimum atomic E-state index is -0.122. The number of rotatable bonds is 29. The molecule has 0 amide bonds. The van der Waals surface area contributed by atoms with Crippen LogP contribution in [0, 0.1) is 0 Å². The van der Waals surface area contributed by atoms with Gasteiger partial charge in [-0.2, -0.15) is 0 Å². The fourth-order valence-electron chi connectivity index (χ4n) is 3.30. The zero-order valence-electron chi connectivity index (χ0n) is 22.3. The molecule has 0 aromatic heterocycles. The van der Waals surface area contributed by atoms with Gasteiger partial charge in [-0.1, -0.05) is 78.1 Å². The van der Waals surface area contributed by atoms with Crippen molar-refractivity contribution in [2.45, 2.75) is 97.3 Å². The van der Waals surface area contributed by atoms with Crippen molar-refractivity contribution < 1.29 is 33.2 Å². The maximum Gasteiger partial charge on any atom is 0.305 e. The summed E-state index contributed by atoms with van der Waals surface area (Å²) in [5.41, 5.74) is 0. The topological polar surface area (TPSA) is 72.5 Å².